The molecule has 0 unspecified atom stereocenters. The maximum Gasteiger partial charge on any atom is 0.143 e. The van der Waals surface area contributed by atoms with Gasteiger partial charge in [0.25, 0.3) is 0 Å². The number of nitrogens with one attached hydrogen (secondary N) is 1. The van der Waals surface area contributed by atoms with Gasteiger partial charge in [0.05, 0.1) is 0 Å². The zero-order valence-corrected chi connectivity index (χ0v) is 15.2. The second-order valence-corrected chi connectivity index (χ2v) is 6.71. The van der Waals surface area contributed by atoms with Crippen molar-refractivity contribution in [1.29, 1.82) is 0 Å². The predicted molar refractivity (Wildman–Crippen MR) is 107 cm³/mol. The molecule has 4 aromatic rings. The third kappa shape index (κ3) is 2.78. The van der Waals surface area contributed by atoms with Crippen LogP contribution in [0.2, 0.25) is 5.02 Å². The molecule has 0 atom stereocenters. The Kier molecular flexibility index (Phi) is 4.05. The van der Waals surface area contributed by atoms with Crippen molar-refractivity contribution in [2.75, 3.05) is 5.32 Å². The number of imidazole rings is 1. The molecule has 0 bridgehead atoms. The number of aryl methyl sites for hydroxylation is 1. The van der Waals surface area contributed by atoms with Crippen LogP contribution in [0, 0.1) is 13.8 Å². The van der Waals surface area contributed by atoms with Gasteiger partial charge < -0.3 is 10.4 Å². The zero-order chi connectivity index (χ0) is 18.3. The Bertz CT molecular complexity index is 1120. The van der Waals surface area contributed by atoms with E-state index in [-0.39, 0.29) is 5.75 Å². The first kappa shape index (κ1) is 16.5. The highest BCUT2D eigenvalue weighted by Gasteiger charge is 2.18. The summed E-state index contributed by atoms with van der Waals surface area (Å²) in [5, 5.41) is 14.5. The molecule has 0 amide bonds. The number of halogens is 1. The molecule has 2 N–H and O–H groups in total. The van der Waals surface area contributed by atoms with Crippen molar-refractivity contribution in [3.05, 3.63) is 76.9 Å². The van der Waals surface area contributed by atoms with Crippen molar-refractivity contribution in [2.45, 2.75) is 13.8 Å². The lowest BCUT2D eigenvalue weighted by atomic mass is 10.1. The molecule has 130 valence electrons. The Hall–Kier alpha value is -2.98. The highest BCUT2D eigenvalue weighted by atomic mass is 35.5. The van der Waals surface area contributed by atoms with Gasteiger partial charge in [-0.05, 0) is 55.3 Å². The van der Waals surface area contributed by atoms with Crippen molar-refractivity contribution in [3.63, 3.8) is 0 Å². The van der Waals surface area contributed by atoms with Crippen molar-refractivity contribution in [1.82, 2.24) is 9.38 Å². The minimum absolute atomic E-state index is 0.193. The number of aromatic nitrogens is 2. The molecule has 2 aromatic carbocycles. The van der Waals surface area contributed by atoms with E-state index < -0.39 is 0 Å². The van der Waals surface area contributed by atoms with Crippen LogP contribution >= 0.6 is 11.6 Å². The fourth-order valence-corrected chi connectivity index (χ4v) is 3.18. The molecule has 0 saturated carbocycles. The summed E-state index contributed by atoms with van der Waals surface area (Å²) in [5.74, 6) is 0.981. The fourth-order valence-electron chi connectivity index (χ4n) is 3.00. The quantitative estimate of drug-likeness (QED) is 0.489. The number of phenolic OH excluding ortho intramolecular Hbond substituents is 1. The summed E-state index contributed by atoms with van der Waals surface area (Å²) in [6.45, 7) is 4.01. The van der Waals surface area contributed by atoms with E-state index in [1.807, 2.05) is 66.9 Å². The van der Waals surface area contributed by atoms with E-state index in [0.29, 0.717) is 16.3 Å². The number of anilines is 2. The second-order valence-electron chi connectivity index (χ2n) is 6.30. The van der Waals surface area contributed by atoms with Gasteiger partial charge in [-0.2, -0.15) is 0 Å². The second kappa shape index (κ2) is 6.39. The molecule has 0 aliphatic carbocycles. The van der Waals surface area contributed by atoms with Crippen LogP contribution in [-0.2, 0) is 0 Å². The minimum atomic E-state index is 0.193. The fraction of sp³-hybridized carbons (Fsp3) is 0.0952. The average molecular weight is 364 g/mol. The highest BCUT2D eigenvalue weighted by Crippen LogP contribution is 2.37. The largest absolute Gasteiger partial charge is 0.507 e. The third-order valence-corrected chi connectivity index (χ3v) is 4.86. The van der Waals surface area contributed by atoms with Crippen LogP contribution in [0.15, 0.2) is 60.8 Å². The number of hydrogen-bond donors (Lipinski definition) is 2. The van der Waals surface area contributed by atoms with E-state index in [9.17, 15) is 5.11 Å². The summed E-state index contributed by atoms with van der Waals surface area (Å²) in [5.41, 5.74) is 5.14. The molecule has 4 nitrogen and oxygen atoms in total. The van der Waals surface area contributed by atoms with Crippen LogP contribution < -0.4 is 5.32 Å². The van der Waals surface area contributed by atoms with E-state index in [1.165, 1.54) is 0 Å². The lowest BCUT2D eigenvalue weighted by Gasteiger charge is -2.13. The lowest BCUT2D eigenvalue weighted by molar-refractivity contribution is 0.477. The first-order valence-electron chi connectivity index (χ1n) is 8.34. The van der Waals surface area contributed by atoms with Gasteiger partial charge in [0.2, 0.25) is 0 Å². The Labute approximate surface area is 156 Å². The molecule has 2 aromatic heterocycles. The van der Waals surface area contributed by atoms with E-state index in [4.69, 9.17) is 16.6 Å². The smallest absolute Gasteiger partial charge is 0.143 e. The Morgan fingerprint density at radius 2 is 1.81 bits per heavy atom. The molecule has 5 heteroatoms. The van der Waals surface area contributed by atoms with Crippen molar-refractivity contribution in [3.8, 4) is 17.0 Å². The van der Waals surface area contributed by atoms with Gasteiger partial charge in [-0.1, -0.05) is 35.9 Å². The van der Waals surface area contributed by atoms with Gasteiger partial charge in [-0.25, -0.2) is 4.98 Å². The molecule has 0 saturated heterocycles. The number of rotatable bonds is 3. The van der Waals surface area contributed by atoms with E-state index in [2.05, 4.69) is 5.32 Å². The number of aromatic hydroxyl groups is 1. The van der Waals surface area contributed by atoms with Crippen LogP contribution in [-0.4, -0.2) is 14.5 Å². The number of phenols is 1. The molecular weight excluding hydrogens is 346 g/mol. The summed E-state index contributed by atoms with van der Waals surface area (Å²) in [6.07, 6.45) is 2.02. The van der Waals surface area contributed by atoms with E-state index >= 15 is 0 Å². The summed E-state index contributed by atoms with van der Waals surface area (Å²) < 4.78 is 2.00. The first-order valence-corrected chi connectivity index (χ1v) is 8.71. The number of hydrogen-bond acceptors (Lipinski definition) is 3. The van der Waals surface area contributed by atoms with Crippen LogP contribution in [0.25, 0.3) is 16.9 Å². The van der Waals surface area contributed by atoms with E-state index in [0.717, 1.165) is 28.3 Å². The monoisotopic (exact) mass is 363 g/mol. The van der Waals surface area contributed by atoms with Crippen molar-refractivity contribution < 1.29 is 5.11 Å². The maximum atomic E-state index is 10.3. The molecule has 0 fully saturated rings. The van der Waals surface area contributed by atoms with Crippen LogP contribution in [0.3, 0.4) is 0 Å². The van der Waals surface area contributed by atoms with Gasteiger partial charge in [0.15, 0.2) is 0 Å². The van der Waals surface area contributed by atoms with Crippen molar-refractivity contribution in [2.24, 2.45) is 0 Å². The molecule has 0 radical (unpaired) electrons. The molecule has 26 heavy (non-hydrogen) atoms. The van der Waals surface area contributed by atoms with Gasteiger partial charge in [-0.15, -0.1) is 0 Å². The zero-order valence-electron chi connectivity index (χ0n) is 14.5. The van der Waals surface area contributed by atoms with Crippen LogP contribution in [0.5, 0.6) is 5.75 Å². The predicted octanol–water partition coefficient (Wildman–Crippen LogP) is 5.72. The number of fused-ring (bicyclic) bond motifs is 1. The summed E-state index contributed by atoms with van der Waals surface area (Å²) in [7, 11) is 0. The van der Waals surface area contributed by atoms with E-state index in [1.54, 1.807) is 12.1 Å². The lowest BCUT2D eigenvalue weighted by Crippen LogP contribution is -1.99. The standard InChI is InChI=1S/C21H18ClN3O/c1-13-10-11-19-24-20(15-6-3-4-9-18(15)26)21(25(19)12-13)23-17-8-5-7-16(22)14(17)2/h3-12,23,26H,1-2H3. The minimum Gasteiger partial charge on any atom is -0.507 e. The van der Waals surface area contributed by atoms with Gasteiger partial charge in [0.1, 0.15) is 22.9 Å². The SMILES string of the molecule is Cc1ccc2nc(-c3ccccc3O)c(Nc3cccc(Cl)c3C)n2c1. The first-order chi connectivity index (χ1) is 12.5. The highest BCUT2D eigenvalue weighted by molar-refractivity contribution is 6.31. The van der Waals surface area contributed by atoms with Gasteiger partial charge in [0, 0.05) is 22.5 Å². The molecule has 0 aliphatic heterocycles. The summed E-state index contributed by atoms with van der Waals surface area (Å²) >= 11 is 6.28. The number of benzene rings is 2. The van der Waals surface area contributed by atoms with Crippen LogP contribution in [0.4, 0.5) is 11.5 Å². The maximum absolute atomic E-state index is 10.3. The molecule has 0 spiro atoms. The number of pyridine rings is 1. The topological polar surface area (TPSA) is 49.6 Å². The third-order valence-electron chi connectivity index (χ3n) is 4.45. The molecule has 0 aliphatic rings. The molecule has 4 rings (SSSR count). The van der Waals surface area contributed by atoms with Crippen molar-refractivity contribution >= 4 is 28.8 Å². The van der Waals surface area contributed by atoms with Crippen LogP contribution in [0.1, 0.15) is 11.1 Å². The van der Waals surface area contributed by atoms with Gasteiger partial charge in [-0.3, -0.25) is 4.40 Å². The Morgan fingerprint density at radius 1 is 1.00 bits per heavy atom. The Balaban J connectivity index is 1.96. The molecular formula is C21H18ClN3O. The molecule has 2 heterocycles. The normalized spacial score (nSPS) is 11.0. The van der Waals surface area contributed by atoms with Gasteiger partial charge >= 0.3 is 0 Å². The summed E-state index contributed by atoms with van der Waals surface area (Å²) in [4.78, 5) is 4.74. The Morgan fingerprint density at radius 3 is 2.62 bits per heavy atom. The average Bonchev–Trinajstić information content (AvgIpc) is 2.97. The summed E-state index contributed by atoms with van der Waals surface area (Å²) in [6, 6.07) is 17.0. The number of nitrogens with zero attached hydrogens (tertiary/aromatic N) is 2. The number of para-hydroxylation sites is 1.